The van der Waals surface area contributed by atoms with Gasteiger partial charge >= 0.3 is 0 Å². The monoisotopic (exact) mass is 406 g/mol. The van der Waals surface area contributed by atoms with Gasteiger partial charge in [0.05, 0.1) is 5.75 Å². The molecule has 154 valence electrons. The van der Waals surface area contributed by atoms with E-state index in [2.05, 4.69) is 5.32 Å². The standard InChI is InChI=1S/C21H30N2O4S/c1-2-3-4-13-28(26,27)15-20(24)23(19-11-12-19)14-16-5-7-17(8-6-16)21(25)22-18-9-10-18/h5-8,18-19H,2-4,9-15H2,1H3,(H,22,25). The zero-order valence-corrected chi connectivity index (χ0v) is 17.3. The fourth-order valence-electron chi connectivity index (χ4n) is 3.18. The van der Waals surface area contributed by atoms with Crippen LogP contribution < -0.4 is 5.32 Å². The van der Waals surface area contributed by atoms with Crippen LogP contribution in [0, 0.1) is 0 Å². The number of hydrogen-bond donors (Lipinski definition) is 1. The second kappa shape index (κ2) is 9.07. The number of sulfone groups is 1. The SMILES string of the molecule is CCCCCS(=O)(=O)CC(=O)N(Cc1ccc(C(=O)NC2CC2)cc1)C1CC1. The van der Waals surface area contributed by atoms with Gasteiger partial charge in [-0.1, -0.05) is 31.9 Å². The Morgan fingerprint density at radius 3 is 2.32 bits per heavy atom. The largest absolute Gasteiger partial charge is 0.349 e. The molecule has 0 spiro atoms. The molecule has 0 atom stereocenters. The summed E-state index contributed by atoms with van der Waals surface area (Å²) in [4.78, 5) is 26.4. The Bertz CT molecular complexity index is 796. The van der Waals surface area contributed by atoms with E-state index in [0.717, 1.165) is 44.1 Å². The molecule has 0 aromatic heterocycles. The zero-order valence-electron chi connectivity index (χ0n) is 16.5. The molecule has 2 amide bonds. The first kappa shape index (κ1) is 20.8. The Morgan fingerprint density at radius 1 is 1.07 bits per heavy atom. The fraction of sp³-hybridized carbons (Fsp3) is 0.619. The van der Waals surface area contributed by atoms with Crippen LogP contribution in [0.25, 0.3) is 0 Å². The van der Waals surface area contributed by atoms with Gasteiger partial charge in [0.1, 0.15) is 5.75 Å². The van der Waals surface area contributed by atoms with Gasteiger partial charge in [0.15, 0.2) is 9.84 Å². The number of nitrogens with one attached hydrogen (secondary N) is 1. The van der Waals surface area contributed by atoms with Gasteiger partial charge in [-0.2, -0.15) is 0 Å². The summed E-state index contributed by atoms with van der Waals surface area (Å²) in [7, 11) is -3.36. The van der Waals surface area contributed by atoms with Crippen molar-refractivity contribution in [3.8, 4) is 0 Å². The van der Waals surface area contributed by atoms with E-state index in [-0.39, 0.29) is 23.6 Å². The number of nitrogens with zero attached hydrogens (tertiary/aromatic N) is 1. The number of benzene rings is 1. The zero-order chi connectivity index (χ0) is 20.1. The highest BCUT2D eigenvalue weighted by molar-refractivity contribution is 7.92. The lowest BCUT2D eigenvalue weighted by Crippen LogP contribution is -2.37. The average molecular weight is 407 g/mol. The average Bonchev–Trinajstić information content (AvgIpc) is 3.54. The Labute approximate surface area is 167 Å². The van der Waals surface area contributed by atoms with Crippen molar-refractivity contribution >= 4 is 21.7 Å². The Kier molecular flexibility index (Phi) is 6.75. The van der Waals surface area contributed by atoms with Gasteiger partial charge in [0.25, 0.3) is 5.91 Å². The van der Waals surface area contributed by atoms with Crippen molar-refractivity contribution in [2.75, 3.05) is 11.5 Å². The third-order valence-corrected chi connectivity index (χ3v) is 6.79. The quantitative estimate of drug-likeness (QED) is 0.573. The minimum atomic E-state index is -3.36. The van der Waals surface area contributed by atoms with E-state index in [1.165, 1.54) is 0 Å². The first-order valence-corrected chi connectivity index (χ1v) is 12.1. The van der Waals surface area contributed by atoms with Crippen LogP contribution in [0.3, 0.4) is 0 Å². The van der Waals surface area contributed by atoms with Gasteiger partial charge < -0.3 is 10.2 Å². The molecule has 0 heterocycles. The highest BCUT2D eigenvalue weighted by Crippen LogP contribution is 2.29. The molecular weight excluding hydrogens is 376 g/mol. The van der Waals surface area contributed by atoms with Crippen LogP contribution in [-0.2, 0) is 21.2 Å². The first-order chi connectivity index (χ1) is 13.4. The molecule has 1 aromatic rings. The summed E-state index contributed by atoms with van der Waals surface area (Å²) < 4.78 is 24.5. The van der Waals surface area contributed by atoms with E-state index in [4.69, 9.17) is 0 Å². The van der Waals surface area contributed by atoms with Crippen molar-refractivity contribution in [1.82, 2.24) is 10.2 Å². The summed E-state index contributed by atoms with van der Waals surface area (Å²) in [5.74, 6) is -0.706. The molecule has 7 heteroatoms. The van der Waals surface area contributed by atoms with Crippen molar-refractivity contribution in [3.05, 3.63) is 35.4 Å². The summed E-state index contributed by atoms with van der Waals surface area (Å²) in [6.07, 6.45) is 6.35. The number of hydrogen-bond acceptors (Lipinski definition) is 4. The van der Waals surface area contributed by atoms with Crippen molar-refractivity contribution in [2.45, 2.75) is 70.5 Å². The first-order valence-electron chi connectivity index (χ1n) is 10.3. The maximum atomic E-state index is 12.7. The van der Waals surface area contributed by atoms with Crippen molar-refractivity contribution in [3.63, 3.8) is 0 Å². The third kappa shape index (κ3) is 6.33. The van der Waals surface area contributed by atoms with Crippen LogP contribution in [0.5, 0.6) is 0 Å². The number of rotatable bonds is 11. The molecule has 1 aromatic carbocycles. The van der Waals surface area contributed by atoms with Crippen LogP contribution in [0.4, 0.5) is 0 Å². The molecule has 0 bridgehead atoms. The molecule has 0 radical (unpaired) electrons. The second-order valence-electron chi connectivity index (χ2n) is 8.00. The van der Waals surface area contributed by atoms with Gasteiger partial charge in [-0.25, -0.2) is 8.42 Å². The molecule has 2 fully saturated rings. The lowest BCUT2D eigenvalue weighted by atomic mass is 10.1. The predicted molar refractivity (Wildman–Crippen MR) is 109 cm³/mol. The van der Waals surface area contributed by atoms with Crippen molar-refractivity contribution < 1.29 is 18.0 Å². The normalized spacial score (nSPS) is 16.6. The van der Waals surface area contributed by atoms with E-state index in [0.29, 0.717) is 24.6 Å². The Hall–Kier alpha value is -1.89. The van der Waals surface area contributed by atoms with E-state index in [1.807, 2.05) is 19.1 Å². The maximum Gasteiger partial charge on any atom is 0.251 e. The van der Waals surface area contributed by atoms with Gasteiger partial charge in [-0.15, -0.1) is 0 Å². The summed E-state index contributed by atoms with van der Waals surface area (Å²) in [5, 5.41) is 2.95. The molecule has 3 rings (SSSR count). The lowest BCUT2D eigenvalue weighted by Gasteiger charge is -2.22. The molecule has 0 unspecified atom stereocenters. The molecule has 2 aliphatic rings. The maximum absolute atomic E-state index is 12.7. The van der Waals surface area contributed by atoms with Crippen LogP contribution in [0.1, 0.15) is 67.8 Å². The highest BCUT2D eigenvalue weighted by Gasteiger charge is 2.34. The van der Waals surface area contributed by atoms with Gasteiger partial charge in [0.2, 0.25) is 5.91 Å². The molecule has 28 heavy (non-hydrogen) atoms. The van der Waals surface area contributed by atoms with Crippen molar-refractivity contribution in [2.24, 2.45) is 0 Å². The molecule has 0 aliphatic heterocycles. The van der Waals surface area contributed by atoms with Crippen LogP contribution >= 0.6 is 0 Å². The molecular formula is C21H30N2O4S. The third-order valence-electron chi connectivity index (χ3n) is 5.19. The summed E-state index contributed by atoms with van der Waals surface area (Å²) in [5.41, 5.74) is 1.52. The Balaban J connectivity index is 1.58. The van der Waals surface area contributed by atoms with E-state index in [1.54, 1.807) is 17.0 Å². The van der Waals surface area contributed by atoms with E-state index in [9.17, 15) is 18.0 Å². The van der Waals surface area contributed by atoms with Crippen LogP contribution in [0.2, 0.25) is 0 Å². The molecule has 1 N–H and O–H groups in total. The van der Waals surface area contributed by atoms with Crippen LogP contribution in [0.15, 0.2) is 24.3 Å². The fourth-order valence-corrected chi connectivity index (χ4v) is 4.51. The lowest BCUT2D eigenvalue weighted by molar-refractivity contribution is -0.129. The summed E-state index contributed by atoms with van der Waals surface area (Å²) in [6, 6.07) is 7.68. The smallest absolute Gasteiger partial charge is 0.251 e. The highest BCUT2D eigenvalue weighted by atomic mass is 32.2. The molecule has 0 saturated heterocycles. The topological polar surface area (TPSA) is 83.6 Å². The van der Waals surface area contributed by atoms with Gasteiger partial charge in [0, 0.05) is 24.2 Å². The molecule has 2 saturated carbocycles. The molecule has 6 nitrogen and oxygen atoms in total. The minimum Gasteiger partial charge on any atom is -0.349 e. The number of unbranched alkanes of at least 4 members (excludes halogenated alkanes) is 2. The number of amides is 2. The number of carbonyl (C=O) groups is 2. The summed E-state index contributed by atoms with van der Waals surface area (Å²) >= 11 is 0. The number of carbonyl (C=O) groups excluding carboxylic acids is 2. The minimum absolute atomic E-state index is 0.0673. The predicted octanol–water partition coefficient (Wildman–Crippen LogP) is 2.67. The van der Waals surface area contributed by atoms with E-state index >= 15 is 0 Å². The second-order valence-corrected chi connectivity index (χ2v) is 10.2. The van der Waals surface area contributed by atoms with Gasteiger partial charge in [-0.3, -0.25) is 9.59 Å². The Morgan fingerprint density at radius 2 is 1.75 bits per heavy atom. The summed E-state index contributed by atoms with van der Waals surface area (Å²) in [6.45, 7) is 2.41. The van der Waals surface area contributed by atoms with E-state index < -0.39 is 15.6 Å². The van der Waals surface area contributed by atoms with Gasteiger partial charge in [-0.05, 0) is 49.8 Å². The van der Waals surface area contributed by atoms with Crippen LogP contribution in [-0.4, -0.2) is 48.7 Å². The van der Waals surface area contributed by atoms with Crippen molar-refractivity contribution in [1.29, 1.82) is 0 Å². The molecule has 2 aliphatic carbocycles.